The first kappa shape index (κ1) is 13.7. The molecule has 96 valence electrons. The lowest BCUT2D eigenvalue weighted by Gasteiger charge is -2.07. The Balaban J connectivity index is 2.16. The van der Waals surface area contributed by atoms with Crippen LogP contribution in [0.3, 0.4) is 0 Å². The van der Waals surface area contributed by atoms with Gasteiger partial charge in [0.1, 0.15) is 18.1 Å². The zero-order chi connectivity index (χ0) is 12.7. The van der Waals surface area contributed by atoms with Gasteiger partial charge in [0.2, 0.25) is 5.91 Å². The lowest BCUT2D eigenvalue weighted by atomic mass is 10.2. The van der Waals surface area contributed by atoms with Crippen molar-refractivity contribution in [3.05, 3.63) is 23.7 Å². The monoisotopic (exact) mass is 240 g/mol. The quantitative estimate of drug-likeness (QED) is 0.653. The number of carbonyl (C=O) groups excluding carboxylic acids is 1. The van der Waals surface area contributed by atoms with Crippen molar-refractivity contribution >= 4 is 5.91 Å². The van der Waals surface area contributed by atoms with E-state index in [0.29, 0.717) is 30.5 Å². The summed E-state index contributed by atoms with van der Waals surface area (Å²) in [5.74, 6) is 1.68. The average Bonchev–Trinajstić information content (AvgIpc) is 2.74. The average molecular weight is 240 g/mol. The van der Waals surface area contributed by atoms with Gasteiger partial charge in [-0.2, -0.15) is 0 Å². The van der Waals surface area contributed by atoms with Gasteiger partial charge in [-0.1, -0.05) is 13.8 Å². The van der Waals surface area contributed by atoms with Crippen LogP contribution in [0.2, 0.25) is 0 Å². The summed E-state index contributed by atoms with van der Waals surface area (Å²) in [5, 5.41) is 14.6. The second-order valence-corrected chi connectivity index (χ2v) is 4.33. The highest BCUT2D eigenvalue weighted by atomic mass is 16.4. The van der Waals surface area contributed by atoms with Crippen LogP contribution in [0.1, 0.15) is 25.4 Å². The van der Waals surface area contributed by atoms with Crippen molar-refractivity contribution in [2.45, 2.75) is 27.0 Å². The minimum absolute atomic E-state index is 0.0207. The molecular weight excluding hydrogens is 220 g/mol. The molecule has 0 fully saturated rings. The van der Waals surface area contributed by atoms with Gasteiger partial charge in [-0.3, -0.25) is 4.79 Å². The molecule has 1 aromatic rings. The first-order chi connectivity index (χ1) is 8.11. The van der Waals surface area contributed by atoms with Gasteiger partial charge in [0.15, 0.2) is 0 Å². The second kappa shape index (κ2) is 7.09. The first-order valence-electron chi connectivity index (χ1n) is 5.77. The van der Waals surface area contributed by atoms with E-state index in [1.807, 2.05) is 13.8 Å². The van der Waals surface area contributed by atoms with E-state index in [9.17, 15) is 4.79 Å². The Bertz CT molecular complexity index is 347. The number of aliphatic hydroxyl groups is 1. The summed E-state index contributed by atoms with van der Waals surface area (Å²) in [6, 6.07) is 3.50. The van der Waals surface area contributed by atoms with Crippen LogP contribution in [0.25, 0.3) is 0 Å². The van der Waals surface area contributed by atoms with Crippen LogP contribution >= 0.6 is 0 Å². The molecule has 0 aliphatic carbocycles. The number of carbonyl (C=O) groups is 1. The molecule has 5 nitrogen and oxygen atoms in total. The standard InChI is InChI=1S/C12H20N2O3/c1-9(2)5-14-12(16)7-13-6-10-3-4-11(8-15)17-10/h3-4,9,13,15H,5-8H2,1-2H3,(H,14,16). The highest BCUT2D eigenvalue weighted by Crippen LogP contribution is 2.06. The van der Waals surface area contributed by atoms with Crippen molar-refractivity contribution in [2.75, 3.05) is 13.1 Å². The molecule has 1 aromatic heterocycles. The third-order valence-electron chi connectivity index (χ3n) is 2.17. The van der Waals surface area contributed by atoms with Gasteiger partial charge in [-0.05, 0) is 18.1 Å². The van der Waals surface area contributed by atoms with E-state index in [0.717, 1.165) is 0 Å². The fourth-order valence-corrected chi connectivity index (χ4v) is 1.28. The van der Waals surface area contributed by atoms with Crippen molar-refractivity contribution in [3.8, 4) is 0 Å². The van der Waals surface area contributed by atoms with E-state index in [2.05, 4.69) is 10.6 Å². The van der Waals surface area contributed by atoms with E-state index >= 15 is 0 Å². The molecule has 0 unspecified atom stereocenters. The molecule has 1 amide bonds. The van der Waals surface area contributed by atoms with Crippen molar-refractivity contribution in [2.24, 2.45) is 5.92 Å². The molecule has 3 N–H and O–H groups in total. The molecule has 1 rings (SSSR count). The number of hydrogen-bond acceptors (Lipinski definition) is 4. The Morgan fingerprint density at radius 1 is 1.41 bits per heavy atom. The summed E-state index contributed by atoms with van der Waals surface area (Å²) >= 11 is 0. The fourth-order valence-electron chi connectivity index (χ4n) is 1.28. The summed E-state index contributed by atoms with van der Waals surface area (Å²) in [6.07, 6.45) is 0. The Kier molecular flexibility index (Phi) is 5.72. The van der Waals surface area contributed by atoms with E-state index in [1.165, 1.54) is 0 Å². The molecule has 0 atom stereocenters. The number of furan rings is 1. The van der Waals surface area contributed by atoms with Gasteiger partial charge in [0.05, 0.1) is 13.1 Å². The van der Waals surface area contributed by atoms with Gasteiger partial charge < -0.3 is 20.2 Å². The number of rotatable bonds is 7. The number of nitrogens with one attached hydrogen (secondary N) is 2. The number of hydrogen-bond donors (Lipinski definition) is 3. The molecule has 0 aromatic carbocycles. The van der Waals surface area contributed by atoms with Crippen LogP contribution in [0.4, 0.5) is 0 Å². The van der Waals surface area contributed by atoms with E-state index in [-0.39, 0.29) is 19.1 Å². The van der Waals surface area contributed by atoms with Gasteiger partial charge in [0, 0.05) is 6.54 Å². The Labute approximate surface area is 101 Å². The second-order valence-electron chi connectivity index (χ2n) is 4.33. The van der Waals surface area contributed by atoms with Gasteiger partial charge in [-0.25, -0.2) is 0 Å². The maximum atomic E-state index is 11.4. The highest BCUT2D eigenvalue weighted by molar-refractivity contribution is 5.77. The predicted molar refractivity (Wildman–Crippen MR) is 64.2 cm³/mol. The highest BCUT2D eigenvalue weighted by Gasteiger charge is 2.04. The minimum atomic E-state index is -0.102. The Morgan fingerprint density at radius 2 is 2.12 bits per heavy atom. The van der Waals surface area contributed by atoms with Crippen LogP contribution in [0, 0.1) is 5.92 Å². The summed E-state index contributed by atoms with van der Waals surface area (Å²) in [4.78, 5) is 11.4. The van der Waals surface area contributed by atoms with Gasteiger partial charge >= 0.3 is 0 Å². The molecule has 0 spiro atoms. The SMILES string of the molecule is CC(C)CNC(=O)CNCc1ccc(CO)o1. The van der Waals surface area contributed by atoms with Crippen molar-refractivity contribution in [1.29, 1.82) is 0 Å². The van der Waals surface area contributed by atoms with Crippen molar-refractivity contribution in [3.63, 3.8) is 0 Å². The molecule has 0 saturated heterocycles. The van der Waals surface area contributed by atoms with E-state index in [4.69, 9.17) is 9.52 Å². The molecule has 0 saturated carbocycles. The van der Waals surface area contributed by atoms with Crippen molar-refractivity contribution in [1.82, 2.24) is 10.6 Å². The van der Waals surface area contributed by atoms with Crippen molar-refractivity contribution < 1.29 is 14.3 Å². The molecule has 1 heterocycles. The summed E-state index contributed by atoms with van der Waals surface area (Å²) in [5.41, 5.74) is 0. The third-order valence-corrected chi connectivity index (χ3v) is 2.17. The number of amides is 1. The predicted octanol–water partition coefficient (Wildman–Crippen LogP) is 0.634. The lowest BCUT2D eigenvalue weighted by Crippen LogP contribution is -2.35. The Morgan fingerprint density at radius 3 is 2.71 bits per heavy atom. The van der Waals surface area contributed by atoms with Crippen LogP contribution in [-0.2, 0) is 17.9 Å². The fraction of sp³-hybridized carbons (Fsp3) is 0.583. The van der Waals surface area contributed by atoms with Crippen LogP contribution in [0.15, 0.2) is 16.5 Å². The molecule has 0 radical (unpaired) electrons. The molecule has 17 heavy (non-hydrogen) atoms. The first-order valence-corrected chi connectivity index (χ1v) is 5.77. The van der Waals surface area contributed by atoms with Crippen LogP contribution in [-0.4, -0.2) is 24.1 Å². The van der Waals surface area contributed by atoms with Gasteiger partial charge in [-0.15, -0.1) is 0 Å². The van der Waals surface area contributed by atoms with E-state index < -0.39 is 0 Å². The van der Waals surface area contributed by atoms with Gasteiger partial charge in [0.25, 0.3) is 0 Å². The lowest BCUT2D eigenvalue weighted by molar-refractivity contribution is -0.120. The molecule has 0 bridgehead atoms. The smallest absolute Gasteiger partial charge is 0.233 e. The van der Waals surface area contributed by atoms with Crippen LogP contribution in [0.5, 0.6) is 0 Å². The molecular formula is C12H20N2O3. The third kappa shape index (κ3) is 5.51. The maximum Gasteiger partial charge on any atom is 0.233 e. The molecule has 0 aliphatic rings. The summed E-state index contributed by atoms with van der Waals surface area (Å²) in [6.45, 7) is 5.43. The zero-order valence-corrected chi connectivity index (χ0v) is 10.3. The zero-order valence-electron chi connectivity index (χ0n) is 10.3. The minimum Gasteiger partial charge on any atom is -0.462 e. The number of aliphatic hydroxyl groups excluding tert-OH is 1. The summed E-state index contributed by atoms with van der Waals surface area (Å²) < 4.78 is 5.27. The molecule has 5 heteroatoms. The van der Waals surface area contributed by atoms with Crippen LogP contribution < -0.4 is 10.6 Å². The maximum absolute atomic E-state index is 11.4. The molecule has 0 aliphatic heterocycles. The largest absolute Gasteiger partial charge is 0.462 e. The topological polar surface area (TPSA) is 74.5 Å². The normalized spacial score (nSPS) is 10.8. The van der Waals surface area contributed by atoms with E-state index in [1.54, 1.807) is 12.1 Å². The Hall–Kier alpha value is -1.33. The summed E-state index contributed by atoms with van der Waals surface area (Å²) in [7, 11) is 0.